The van der Waals surface area contributed by atoms with Crippen molar-refractivity contribution in [3.05, 3.63) is 70.6 Å². The van der Waals surface area contributed by atoms with Crippen LogP contribution in [0.1, 0.15) is 36.7 Å². The molecule has 3 heterocycles. The molecule has 11 heteroatoms. The summed E-state index contributed by atoms with van der Waals surface area (Å²) in [6.07, 6.45) is 5.53. The Kier molecular flexibility index (Phi) is 7.36. The van der Waals surface area contributed by atoms with Crippen LogP contribution < -0.4 is 16.0 Å². The van der Waals surface area contributed by atoms with Crippen molar-refractivity contribution in [2.75, 3.05) is 23.7 Å². The number of nitrogens with zero attached hydrogens (tertiary/aromatic N) is 5. The Balaban J connectivity index is 1.49. The molecule has 34 heavy (non-hydrogen) atoms. The van der Waals surface area contributed by atoms with Crippen LogP contribution in [0.5, 0.6) is 0 Å². The van der Waals surface area contributed by atoms with Gasteiger partial charge in [0.05, 0.1) is 23.3 Å². The standard InChI is InChI=1S/C23H26ClFN8O/c1-14(2)30-22-28-10-16-6-8-33(12-20(16)31-22)23(34)32-19(11-27-21-5-7-26-13-29-21)15-3-4-18(25)17(24)9-15/h3-5,7,9-10,13-14,19H,6,8,11-12H2,1-2H3,(H,32,34)(H,26,27,29)(H,28,30,31)/t19-/m1/s1. The summed E-state index contributed by atoms with van der Waals surface area (Å²) in [7, 11) is 0. The minimum atomic E-state index is -0.516. The highest BCUT2D eigenvalue weighted by atomic mass is 35.5. The molecule has 1 aromatic carbocycles. The lowest BCUT2D eigenvalue weighted by molar-refractivity contribution is 0.187. The van der Waals surface area contributed by atoms with Crippen LogP contribution in [-0.4, -0.2) is 50.0 Å². The zero-order valence-corrected chi connectivity index (χ0v) is 19.7. The Bertz CT molecular complexity index is 1150. The smallest absolute Gasteiger partial charge is 0.318 e. The number of benzene rings is 1. The van der Waals surface area contributed by atoms with Crippen molar-refractivity contribution in [1.29, 1.82) is 0 Å². The maximum atomic E-state index is 13.7. The highest BCUT2D eigenvalue weighted by Gasteiger charge is 2.25. The molecule has 2 aromatic heterocycles. The maximum Gasteiger partial charge on any atom is 0.318 e. The van der Waals surface area contributed by atoms with Gasteiger partial charge in [0.2, 0.25) is 5.95 Å². The topological polar surface area (TPSA) is 108 Å². The summed E-state index contributed by atoms with van der Waals surface area (Å²) in [6.45, 7) is 5.25. The highest BCUT2D eigenvalue weighted by Crippen LogP contribution is 2.23. The summed E-state index contributed by atoms with van der Waals surface area (Å²) in [4.78, 5) is 31.9. The monoisotopic (exact) mass is 484 g/mol. The fraction of sp³-hybridized carbons (Fsp3) is 0.348. The van der Waals surface area contributed by atoms with Gasteiger partial charge in [-0.05, 0) is 49.6 Å². The molecule has 0 spiro atoms. The van der Waals surface area contributed by atoms with E-state index in [1.165, 1.54) is 18.5 Å². The molecule has 4 rings (SSSR count). The summed E-state index contributed by atoms with van der Waals surface area (Å²) in [5.74, 6) is 0.637. The fourth-order valence-electron chi connectivity index (χ4n) is 3.63. The third kappa shape index (κ3) is 5.88. The van der Waals surface area contributed by atoms with E-state index in [1.807, 2.05) is 20.0 Å². The van der Waals surface area contributed by atoms with Gasteiger partial charge in [-0.3, -0.25) is 0 Å². The molecule has 1 atom stereocenters. The summed E-state index contributed by atoms with van der Waals surface area (Å²) in [6, 6.07) is 5.61. The van der Waals surface area contributed by atoms with E-state index in [-0.39, 0.29) is 17.1 Å². The van der Waals surface area contributed by atoms with Gasteiger partial charge in [0, 0.05) is 31.5 Å². The van der Waals surface area contributed by atoms with Gasteiger partial charge in [0.1, 0.15) is 18.0 Å². The molecule has 1 aliphatic heterocycles. The number of hydrogen-bond acceptors (Lipinski definition) is 7. The van der Waals surface area contributed by atoms with Crippen LogP contribution in [0.2, 0.25) is 5.02 Å². The van der Waals surface area contributed by atoms with Crippen molar-refractivity contribution >= 4 is 29.4 Å². The van der Waals surface area contributed by atoms with Crippen LogP contribution in [0.25, 0.3) is 0 Å². The summed E-state index contributed by atoms with van der Waals surface area (Å²) < 4.78 is 13.7. The number of urea groups is 1. The Morgan fingerprint density at radius 1 is 1.26 bits per heavy atom. The van der Waals surface area contributed by atoms with E-state index < -0.39 is 11.9 Å². The van der Waals surface area contributed by atoms with E-state index in [9.17, 15) is 9.18 Å². The van der Waals surface area contributed by atoms with Crippen LogP contribution in [0, 0.1) is 5.82 Å². The summed E-state index contributed by atoms with van der Waals surface area (Å²) >= 11 is 6.01. The number of carbonyl (C=O) groups excluding carboxylic acids is 1. The van der Waals surface area contributed by atoms with Crippen molar-refractivity contribution in [3.8, 4) is 0 Å². The minimum Gasteiger partial charge on any atom is -0.368 e. The first-order chi connectivity index (χ1) is 16.4. The number of aromatic nitrogens is 4. The number of hydrogen-bond donors (Lipinski definition) is 3. The molecule has 9 nitrogen and oxygen atoms in total. The second-order valence-corrected chi connectivity index (χ2v) is 8.69. The van der Waals surface area contributed by atoms with Crippen LogP contribution in [0.3, 0.4) is 0 Å². The average molecular weight is 485 g/mol. The highest BCUT2D eigenvalue weighted by molar-refractivity contribution is 6.30. The number of nitrogens with one attached hydrogen (secondary N) is 3. The zero-order chi connectivity index (χ0) is 24.1. The molecule has 2 amide bonds. The molecule has 0 fully saturated rings. The normalized spacial score (nSPS) is 13.9. The average Bonchev–Trinajstić information content (AvgIpc) is 2.83. The van der Waals surface area contributed by atoms with E-state index in [1.54, 1.807) is 23.2 Å². The lowest BCUT2D eigenvalue weighted by Crippen LogP contribution is -2.45. The first kappa shape index (κ1) is 23.6. The molecular weight excluding hydrogens is 459 g/mol. The van der Waals surface area contributed by atoms with Crippen molar-refractivity contribution in [3.63, 3.8) is 0 Å². The van der Waals surface area contributed by atoms with Gasteiger partial charge in [0.25, 0.3) is 0 Å². The van der Waals surface area contributed by atoms with Crippen LogP contribution in [0.15, 0.2) is 43.0 Å². The number of anilines is 2. The molecular formula is C23H26ClFN8O. The first-order valence-electron chi connectivity index (χ1n) is 11.0. The number of carbonyl (C=O) groups is 1. The van der Waals surface area contributed by atoms with Gasteiger partial charge in [-0.1, -0.05) is 17.7 Å². The number of amides is 2. The number of halogens is 2. The van der Waals surface area contributed by atoms with Crippen LogP contribution >= 0.6 is 11.6 Å². The van der Waals surface area contributed by atoms with Crippen molar-refractivity contribution in [2.45, 2.75) is 38.9 Å². The Morgan fingerprint density at radius 3 is 2.85 bits per heavy atom. The summed E-state index contributed by atoms with van der Waals surface area (Å²) in [5.41, 5.74) is 2.52. The van der Waals surface area contributed by atoms with Crippen molar-refractivity contribution in [2.24, 2.45) is 0 Å². The van der Waals surface area contributed by atoms with Crippen molar-refractivity contribution < 1.29 is 9.18 Å². The lowest BCUT2D eigenvalue weighted by atomic mass is 10.1. The third-order valence-corrected chi connectivity index (χ3v) is 5.65. The molecule has 0 aliphatic carbocycles. The molecule has 0 unspecified atom stereocenters. The predicted octanol–water partition coefficient (Wildman–Crippen LogP) is 3.80. The van der Waals surface area contributed by atoms with E-state index in [0.29, 0.717) is 43.4 Å². The molecule has 3 N–H and O–H groups in total. The molecule has 178 valence electrons. The Morgan fingerprint density at radius 2 is 2.12 bits per heavy atom. The second-order valence-electron chi connectivity index (χ2n) is 8.29. The number of rotatable bonds is 7. The third-order valence-electron chi connectivity index (χ3n) is 5.36. The van der Waals surface area contributed by atoms with Crippen molar-refractivity contribution in [1.82, 2.24) is 30.2 Å². The first-order valence-corrected chi connectivity index (χ1v) is 11.4. The van der Waals surface area contributed by atoms with Gasteiger partial charge < -0.3 is 20.9 Å². The van der Waals surface area contributed by atoms with Gasteiger partial charge in [0.15, 0.2) is 0 Å². The maximum absolute atomic E-state index is 13.7. The Labute approximate surface area is 202 Å². The van der Waals surface area contributed by atoms with E-state index in [4.69, 9.17) is 11.6 Å². The fourth-order valence-corrected chi connectivity index (χ4v) is 3.82. The largest absolute Gasteiger partial charge is 0.368 e. The molecule has 3 aromatic rings. The molecule has 0 radical (unpaired) electrons. The molecule has 0 saturated carbocycles. The van der Waals surface area contributed by atoms with E-state index in [0.717, 1.165) is 11.3 Å². The van der Waals surface area contributed by atoms with Gasteiger partial charge in [-0.25, -0.2) is 29.1 Å². The zero-order valence-electron chi connectivity index (χ0n) is 18.9. The van der Waals surface area contributed by atoms with Crippen LogP contribution in [-0.2, 0) is 13.0 Å². The van der Waals surface area contributed by atoms with E-state index >= 15 is 0 Å². The van der Waals surface area contributed by atoms with Crippen LogP contribution in [0.4, 0.5) is 21.0 Å². The summed E-state index contributed by atoms with van der Waals surface area (Å²) in [5, 5.41) is 9.40. The van der Waals surface area contributed by atoms with Gasteiger partial charge in [-0.15, -0.1) is 0 Å². The predicted molar refractivity (Wildman–Crippen MR) is 128 cm³/mol. The number of fused-ring (bicyclic) bond motifs is 1. The lowest BCUT2D eigenvalue weighted by Gasteiger charge is -2.30. The van der Waals surface area contributed by atoms with E-state index in [2.05, 4.69) is 35.9 Å². The SMILES string of the molecule is CC(C)Nc1ncc2c(n1)CN(C(=O)N[C@H](CNc1ccncn1)c1ccc(F)c(Cl)c1)CC2. The molecule has 1 aliphatic rings. The minimum absolute atomic E-state index is 0.00688. The quantitative estimate of drug-likeness (QED) is 0.468. The second kappa shape index (κ2) is 10.6. The van der Waals surface area contributed by atoms with Gasteiger partial charge in [-0.2, -0.15) is 0 Å². The Hall–Kier alpha value is -3.53. The molecule has 0 bridgehead atoms. The van der Waals surface area contributed by atoms with Gasteiger partial charge >= 0.3 is 6.03 Å². The molecule has 0 saturated heterocycles.